The van der Waals surface area contributed by atoms with Crippen LogP contribution in [0.15, 0.2) is 66.2 Å². The van der Waals surface area contributed by atoms with Gasteiger partial charge < -0.3 is 0 Å². The first-order chi connectivity index (χ1) is 9.42. The minimum absolute atomic E-state index is 1.10. The fourth-order valence-corrected chi connectivity index (χ4v) is 2.88. The summed E-state index contributed by atoms with van der Waals surface area (Å²) in [5.41, 5.74) is 7.61. The molecule has 0 unspecified atom stereocenters. The molecule has 0 saturated carbocycles. The maximum absolute atomic E-state index is 4.86. The highest BCUT2D eigenvalue weighted by molar-refractivity contribution is 5.88. The van der Waals surface area contributed by atoms with E-state index in [2.05, 4.69) is 54.6 Å². The highest BCUT2D eigenvalue weighted by Crippen LogP contribution is 2.38. The molecule has 1 nitrogen and oxygen atoms in total. The Morgan fingerprint density at radius 1 is 0.789 bits per heavy atom. The Balaban J connectivity index is 1.74. The molecule has 2 aliphatic rings. The van der Waals surface area contributed by atoms with Gasteiger partial charge in [-0.05, 0) is 30.1 Å². The van der Waals surface area contributed by atoms with Gasteiger partial charge in [0.25, 0.3) is 0 Å². The molecule has 19 heavy (non-hydrogen) atoms. The number of fused-ring (bicyclic) bond motifs is 2. The Bertz CT molecular complexity index is 693. The highest BCUT2D eigenvalue weighted by Gasteiger charge is 2.24. The summed E-state index contributed by atoms with van der Waals surface area (Å²) < 4.78 is 0. The summed E-state index contributed by atoms with van der Waals surface area (Å²) in [6.07, 6.45) is 4.48. The fourth-order valence-electron chi connectivity index (χ4n) is 2.88. The Labute approximate surface area is 113 Å². The molecule has 0 fully saturated rings. The molecule has 4 rings (SSSR count). The first kappa shape index (κ1) is 10.6. The third-order valence-electron chi connectivity index (χ3n) is 3.85. The van der Waals surface area contributed by atoms with E-state index in [0.29, 0.717) is 0 Å². The predicted octanol–water partition coefficient (Wildman–Crippen LogP) is 4.00. The molecule has 1 heterocycles. The van der Waals surface area contributed by atoms with Gasteiger partial charge in [-0.25, -0.2) is 5.32 Å². The summed E-state index contributed by atoms with van der Waals surface area (Å²) in [7, 11) is 0. The molecule has 1 aliphatic heterocycles. The van der Waals surface area contributed by atoms with Gasteiger partial charge in [-0.15, -0.1) is 0 Å². The van der Waals surface area contributed by atoms with Crippen LogP contribution in [0.4, 0.5) is 0 Å². The third-order valence-corrected chi connectivity index (χ3v) is 3.85. The minimum Gasteiger partial charge on any atom is -0.247 e. The van der Waals surface area contributed by atoms with Crippen molar-refractivity contribution in [1.29, 1.82) is 0 Å². The second-order valence-corrected chi connectivity index (χ2v) is 5.04. The smallest absolute Gasteiger partial charge is 0.0745 e. The summed E-state index contributed by atoms with van der Waals surface area (Å²) in [5, 5.41) is 4.86. The van der Waals surface area contributed by atoms with E-state index in [1.54, 1.807) is 0 Å². The van der Waals surface area contributed by atoms with Crippen molar-refractivity contribution in [1.82, 2.24) is 5.32 Å². The van der Waals surface area contributed by atoms with Gasteiger partial charge in [0.05, 0.1) is 11.4 Å². The zero-order valence-corrected chi connectivity index (χ0v) is 10.6. The molecule has 1 aliphatic carbocycles. The van der Waals surface area contributed by atoms with Gasteiger partial charge >= 0.3 is 0 Å². The van der Waals surface area contributed by atoms with E-state index in [0.717, 1.165) is 18.5 Å². The van der Waals surface area contributed by atoms with Crippen molar-refractivity contribution in [3.63, 3.8) is 0 Å². The maximum Gasteiger partial charge on any atom is 0.0745 e. The molecule has 0 bridgehead atoms. The minimum atomic E-state index is 1.10. The van der Waals surface area contributed by atoms with Gasteiger partial charge in [-0.1, -0.05) is 54.6 Å². The topological polar surface area (TPSA) is 14.1 Å². The zero-order valence-electron chi connectivity index (χ0n) is 10.6. The molecule has 0 saturated heterocycles. The van der Waals surface area contributed by atoms with E-state index in [1.807, 2.05) is 6.07 Å². The lowest BCUT2D eigenvalue weighted by atomic mass is 9.90. The molecule has 1 radical (unpaired) electrons. The van der Waals surface area contributed by atoms with Gasteiger partial charge in [-0.3, -0.25) is 0 Å². The highest BCUT2D eigenvalue weighted by atomic mass is 14.9. The summed E-state index contributed by atoms with van der Waals surface area (Å²) in [6, 6.07) is 19.1. The summed E-state index contributed by atoms with van der Waals surface area (Å²) in [4.78, 5) is 0. The normalized spacial score (nSPS) is 16.5. The van der Waals surface area contributed by atoms with Crippen molar-refractivity contribution < 1.29 is 0 Å². The molecular weight excluding hydrogens is 230 g/mol. The third kappa shape index (κ3) is 1.70. The number of aryl methyl sites for hydroxylation is 1. The number of hydrogen-bond acceptors (Lipinski definition) is 0. The van der Waals surface area contributed by atoms with Crippen LogP contribution in [0.3, 0.4) is 0 Å². The van der Waals surface area contributed by atoms with E-state index in [1.165, 1.54) is 28.0 Å². The molecule has 0 amide bonds. The average molecular weight is 244 g/mol. The molecule has 91 valence electrons. The Morgan fingerprint density at radius 3 is 2.47 bits per heavy atom. The Kier molecular flexibility index (Phi) is 2.31. The molecule has 0 aromatic heterocycles. The summed E-state index contributed by atoms with van der Waals surface area (Å²) >= 11 is 0. The van der Waals surface area contributed by atoms with Crippen LogP contribution in [0.5, 0.6) is 0 Å². The van der Waals surface area contributed by atoms with E-state index in [-0.39, 0.29) is 0 Å². The number of benzene rings is 2. The van der Waals surface area contributed by atoms with Crippen molar-refractivity contribution in [3.05, 3.63) is 82.9 Å². The van der Waals surface area contributed by atoms with Crippen LogP contribution in [0, 0.1) is 0 Å². The van der Waals surface area contributed by atoms with Crippen LogP contribution in [0.2, 0.25) is 0 Å². The van der Waals surface area contributed by atoms with Gasteiger partial charge in [0.15, 0.2) is 0 Å². The van der Waals surface area contributed by atoms with Crippen LogP contribution < -0.4 is 5.32 Å². The van der Waals surface area contributed by atoms with Crippen molar-refractivity contribution >= 4 is 11.4 Å². The van der Waals surface area contributed by atoms with Gasteiger partial charge in [0, 0.05) is 11.1 Å². The Hall–Kier alpha value is -2.28. The summed E-state index contributed by atoms with van der Waals surface area (Å²) in [5.74, 6) is 0. The van der Waals surface area contributed by atoms with E-state index < -0.39 is 0 Å². The predicted molar refractivity (Wildman–Crippen MR) is 78.2 cm³/mol. The monoisotopic (exact) mass is 244 g/mol. The van der Waals surface area contributed by atoms with E-state index in [9.17, 15) is 0 Å². The largest absolute Gasteiger partial charge is 0.247 e. The molecule has 0 spiro atoms. The molecule has 0 N–H and O–H groups in total. The first-order valence-corrected chi connectivity index (χ1v) is 6.72. The van der Waals surface area contributed by atoms with Crippen molar-refractivity contribution in [2.24, 2.45) is 0 Å². The number of hydrogen-bond donors (Lipinski definition) is 0. The second kappa shape index (κ2) is 4.13. The lowest BCUT2D eigenvalue weighted by Crippen LogP contribution is -2.06. The molecule has 1 heteroatoms. The lowest BCUT2D eigenvalue weighted by Gasteiger charge is -2.17. The maximum atomic E-state index is 4.86. The summed E-state index contributed by atoms with van der Waals surface area (Å²) in [6.45, 7) is 0. The molecule has 2 aromatic rings. The quantitative estimate of drug-likeness (QED) is 0.720. The average Bonchev–Trinajstić information content (AvgIpc) is 2.93. The van der Waals surface area contributed by atoms with Crippen LogP contribution >= 0.6 is 0 Å². The molecule has 2 aromatic carbocycles. The van der Waals surface area contributed by atoms with Crippen LogP contribution in [-0.2, 0) is 6.42 Å². The molecular formula is C18H14N. The fraction of sp³-hybridized carbons (Fsp3) is 0.111. The van der Waals surface area contributed by atoms with Crippen LogP contribution in [-0.4, -0.2) is 0 Å². The van der Waals surface area contributed by atoms with E-state index >= 15 is 0 Å². The first-order valence-electron chi connectivity index (χ1n) is 6.72. The van der Waals surface area contributed by atoms with Gasteiger partial charge in [0.2, 0.25) is 0 Å². The van der Waals surface area contributed by atoms with Gasteiger partial charge in [-0.2, -0.15) is 0 Å². The standard InChI is InChI=1S/C18H14N/c1-2-7-14(8-3-1)17-12-15-11-10-13-6-4-5-9-16(13)18(15)19-17/h1-9,12H,10-11H2. The molecule has 0 atom stereocenters. The zero-order chi connectivity index (χ0) is 12.7. The lowest BCUT2D eigenvalue weighted by molar-refractivity contribution is 0.936. The van der Waals surface area contributed by atoms with Crippen molar-refractivity contribution in [3.8, 4) is 0 Å². The van der Waals surface area contributed by atoms with Crippen molar-refractivity contribution in [2.75, 3.05) is 0 Å². The number of allylic oxidation sites excluding steroid dienone is 2. The number of nitrogens with zero attached hydrogens (tertiary/aromatic N) is 1. The van der Waals surface area contributed by atoms with E-state index in [4.69, 9.17) is 5.32 Å². The number of rotatable bonds is 1. The van der Waals surface area contributed by atoms with Crippen LogP contribution in [0.25, 0.3) is 11.4 Å². The van der Waals surface area contributed by atoms with Gasteiger partial charge in [0.1, 0.15) is 0 Å². The van der Waals surface area contributed by atoms with Crippen molar-refractivity contribution in [2.45, 2.75) is 12.8 Å². The Morgan fingerprint density at radius 2 is 1.58 bits per heavy atom. The van der Waals surface area contributed by atoms with Crippen LogP contribution in [0.1, 0.15) is 23.1 Å². The second-order valence-electron chi connectivity index (χ2n) is 5.04. The SMILES string of the molecule is C1=C(c2ccccc2)[N]C2=C1CCc1ccccc12.